The molecule has 0 amide bonds. The fourth-order valence-electron chi connectivity index (χ4n) is 2.70. The van der Waals surface area contributed by atoms with Gasteiger partial charge >= 0.3 is 0 Å². The summed E-state index contributed by atoms with van der Waals surface area (Å²) in [6.45, 7) is 0.909. The minimum Gasteiger partial charge on any atom is -0.386 e. The van der Waals surface area contributed by atoms with Gasteiger partial charge in [-0.3, -0.25) is 4.99 Å². The first-order chi connectivity index (χ1) is 12.7. The van der Waals surface area contributed by atoms with Crippen molar-refractivity contribution in [3.05, 3.63) is 70.9 Å². The van der Waals surface area contributed by atoms with E-state index in [0.717, 1.165) is 15.0 Å². The van der Waals surface area contributed by atoms with Gasteiger partial charge in [0.1, 0.15) is 11.9 Å². The summed E-state index contributed by atoms with van der Waals surface area (Å²) in [5.74, 6) is 0.388. The van der Waals surface area contributed by atoms with E-state index in [0.29, 0.717) is 31.0 Å². The van der Waals surface area contributed by atoms with Crippen molar-refractivity contribution in [2.75, 3.05) is 20.1 Å². The zero-order valence-corrected chi connectivity index (χ0v) is 15.4. The van der Waals surface area contributed by atoms with Crippen molar-refractivity contribution in [3.8, 4) is 0 Å². The Morgan fingerprint density at radius 2 is 1.92 bits per heavy atom. The lowest BCUT2D eigenvalue weighted by atomic mass is 10.1. The minimum atomic E-state index is -0.613. The molecule has 0 aliphatic rings. The number of nitrogens with one attached hydrogen (secondary N) is 2. The number of guanidine groups is 1. The highest BCUT2D eigenvalue weighted by atomic mass is 32.1. The van der Waals surface area contributed by atoms with Crippen LogP contribution in [0.5, 0.6) is 0 Å². The number of aliphatic imine (C=N–C) groups is 1. The number of benzene rings is 2. The Morgan fingerprint density at radius 3 is 2.69 bits per heavy atom. The number of halogens is 1. The minimum absolute atomic E-state index is 0.197. The van der Waals surface area contributed by atoms with Gasteiger partial charge in [-0.05, 0) is 35.6 Å². The number of rotatable bonds is 6. The molecule has 0 fully saturated rings. The summed E-state index contributed by atoms with van der Waals surface area (Å²) < 4.78 is 14.8. The smallest absolute Gasteiger partial charge is 0.191 e. The van der Waals surface area contributed by atoms with Crippen LogP contribution >= 0.6 is 11.3 Å². The first-order valence-corrected chi connectivity index (χ1v) is 9.33. The lowest BCUT2D eigenvalue weighted by molar-refractivity contribution is 0.184. The van der Waals surface area contributed by atoms with Gasteiger partial charge in [-0.1, -0.05) is 36.4 Å². The zero-order chi connectivity index (χ0) is 18.4. The summed E-state index contributed by atoms with van der Waals surface area (Å²) in [7, 11) is 1.67. The number of aliphatic hydroxyl groups excluding tert-OH is 1. The Labute approximate surface area is 156 Å². The predicted molar refractivity (Wildman–Crippen MR) is 106 cm³/mol. The Hall–Kier alpha value is -2.44. The zero-order valence-electron chi connectivity index (χ0n) is 14.6. The molecule has 1 unspecified atom stereocenters. The monoisotopic (exact) mass is 371 g/mol. The Balaban J connectivity index is 1.49. The van der Waals surface area contributed by atoms with Gasteiger partial charge in [-0.25, -0.2) is 4.39 Å². The highest BCUT2D eigenvalue weighted by Crippen LogP contribution is 2.29. The first-order valence-electron chi connectivity index (χ1n) is 8.52. The number of hydrogen-bond donors (Lipinski definition) is 3. The molecule has 1 aromatic heterocycles. The number of hydrogen-bond acceptors (Lipinski definition) is 3. The van der Waals surface area contributed by atoms with E-state index in [1.807, 2.05) is 36.4 Å². The normalized spacial score (nSPS) is 13.0. The quantitative estimate of drug-likeness (QED) is 0.459. The lowest BCUT2D eigenvalue weighted by Gasteiger charge is -2.14. The average molecular weight is 371 g/mol. The fraction of sp³-hybridized carbons (Fsp3) is 0.250. The third-order valence-corrected chi connectivity index (χ3v) is 5.32. The van der Waals surface area contributed by atoms with Gasteiger partial charge in [0, 0.05) is 29.7 Å². The highest BCUT2D eigenvalue weighted by Gasteiger charge is 2.12. The topological polar surface area (TPSA) is 56.7 Å². The number of aliphatic hydroxyl groups is 1. The summed E-state index contributed by atoms with van der Waals surface area (Å²) in [4.78, 5) is 5.06. The van der Waals surface area contributed by atoms with Crippen LogP contribution in [-0.4, -0.2) is 31.2 Å². The molecule has 136 valence electrons. The maximum Gasteiger partial charge on any atom is 0.191 e. The lowest BCUT2D eigenvalue weighted by Crippen LogP contribution is -2.40. The van der Waals surface area contributed by atoms with Crippen LogP contribution in [0.2, 0.25) is 0 Å². The van der Waals surface area contributed by atoms with Crippen LogP contribution in [0.3, 0.4) is 0 Å². The van der Waals surface area contributed by atoms with Crippen molar-refractivity contribution >= 4 is 27.4 Å². The second kappa shape index (κ2) is 8.78. The number of nitrogens with zero attached hydrogens (tertiary/aromatic N) is 1. The SMILES string of the molecule is CN=C(NCCc1ccccc1F)NCC(O)c1cc2ccccc2s1. The van der Waals surface area contributed by atoms with Gasteiger partial charge in [0.2, 0.25) is 0 Å². The Kier molecular flexibility index (Phi) is 6.20. The fourth-order valence-corrected chi connectivity index (χ4v) is 3.75. The van der Waals surface area contributed by atoms with Crippen molar-refractivity contribution < 1.29 is 9.50 Å². The summed E-state index contributed by atoms with van der Waals surface area (Å²) in [5.41, 5.74) is 0.667. The van der Waals surface area contributed by atoms with Crippen LogP contribution in [-0.2, 0) is 6.42 Å². The molecule has 2 aromatic carbocycles. The Morgan fingerprint density at radius 1 is 1.15 bits per heavy atom. The average Bonchev–Trinajstić information content (AvgIpc) is 3.10. The van der Waals surface area contributed by atoms with Crippen LogP contribution in [0.4, 0.5) is 4.39 Å². The van der Waals surface area contributed by atoms with Crippen LogP contribution in [0.15, 0.2) is 59.6 Å². The van der Waals surface area contributed by atoms with E-state index in [4.69, 9.17) is 0 Å². The molecular formula is C20H22FN3OS. The molecule has 3 N–H and O–H groups in total. The van der Waals surface area contributed by atoms with Crippen LogP contribution in [0, 0.1) is 5.82 Å². The van der Waals surface area contributed by atoms with E-state index in [-0.39, 0.29) is 5.82 Å². The summed E-state index contributed by atoms with van der Waals surface area (Å²) in [6, 6.07) is 16.8. The highest BCUT2D eigenvalue weighted by molar-refractivity contribution is 7.19. The second-order valence-electron chi connectivity index (χ2n) is 5.92. The molecule has 0 bridgehead atoms. The molecule has 6 heteroatoms. The molecule has 3 aromatic rings. The van der Waals surface area contributed by atoms with Gasteiger partial charge in [0.15, 0.2) is 5.96 Å². The summed E-state index contributed by atoms with van der Waals surface area (Å²) >= 11 is 1.59. The van der Waals surface area contributed by atoms with Crippen LogP contribution < -0.4 is 10.6 Å². The van der Waals surface area contributed by atoms with E-state index in [2.05, 4.69) is 15.6 Å². The molecule has 1 atom stereocenters. The molecule has 0 saturated carbocycles. The van der Waals surface area contributed by atoms with Crippen LogP contribution in [0.1, 0.15) is 16.5 Å². The maximum atomic E-state index is 13.6. The van der Waals surface area contributed by atoms with E-state index >= 15 is 0 Å². The van der Waals surface area contributed by atoms with Crippen molar-refractivity contribution in [2.45, 2.75) is 12.5 Å². The molecule has 26 heavy (non-hydrogen) atoms. The van der Waals surface area contributed by atoms with E-state index in [9.17, 15) is 9.50 Å². The van der Waals surface area contributed by atoms with Gasteiger partial charge < -0.3 is 15.7 Å². The largest absolute Gasteiger partial charge is 0.386 e. The number of fused-ring (bicyclic) bond motifs is 1. The summed E-state index contributed by atoms with van der Waals surface area (Å²) in [5, 5.41) is 17.8. The number of thiophene rings is 1. The van der Waals surface area contributed by atoms with E-state index in [1.54, 1.807) is 30.5 Å². The van der Waals surface area contributed by atoms with Crippen molar-refractivity contribution in [1.29, 1.82) is 0 Å². The maximum absolute atomic E-state index is 13.6. The third-order valence-electron chi connectivity index (χ3n) is 4.10. The molecule has 1 heterocycles. The van der Waals surface area contributed by atoms with Gasteiger partial charge in [0.25, 0.3) is 0 Å². The van der Waals surface area contributed by atoms with E-state index in [1.165, 1.54) is 6.07 Å². The van der Waals surface area contributed by atoms with Crippen molar-refractivity contribution in [1.82, 2.24) is 10.6 Å². The van der Waals surface area contributed by atoms with Gasteiger partial charge in [-0.2, -0.15) is 0 Å². The van der Waals surface area contributed by atoms with Gasteiger partial charge in [0.05, 0.1) is 0 Å². The van der Waals surface area contributed by atoms with Crippen molar-refractivity contribution in [2.24, 2.45) is 4.99 Å². The molecular weight excluding hydrogens is 349 g/mol. The standard InChI is InChI=1S/C20H22FN3OS/c1-22-20(23-11-10-14-6-2-4-8-16(14)21)24-13-17(25)19-12-15-7-3-5-9-18(15)26-19/h2-9,12,17,25H,10-11,13H2,1H3,(H2,22,23,24). The first kappa shape index (κ1) is 18.4. The molecule has 4 nitrogen and oxygen atoms in total. The van der Waals surface area contributed by atoms with E-state index < -0.39 is 6.10 Å². The molecule has 0 spiro atoms. The Bertz CT molecular complexity index is 860. The molecule has 0 radical (unpaired) electrons. The predicted octanol–water partition coefficient (Wildman–Crippen LogP) is 3.48. The van der Waals surface area contributed by atoms with Gasteiger partial charge in [-0.15, -0.1) is 11.3 Å². The molecule has 0 aliphatic heterocycles. The molecule has 0 saturated heterocycles. The molecule has 3 rings (SSSR count). The van der Waals surface area contributed by atoms with Crippen LogP contribution in [0.25, 0.3) is 10.1 Å². The third kappa shape index (κ3) is 4.59. The summed E-state index contributed by atoms with van der Waals surface area (Å²) in [6.07, 6.45) is -0.0517. The second-order valence-corrected chi connectivity index (χ2v) is 7.04. The van der Waals surface area contributed by atoms with Crippen molar-refractivity contribution in [3.63, 3.8) is 0 Å². The molecule has 0 aliphatic carbocycles.